The van der Waals surface area contributed by atoms with Gasteiger partial charge in [0, 0.05) is 25.3 Å². The fraction of sp³-hybridized carbons (Fsp3) is 0.417. The summed E-state index contributed by atoms with van der Waals surface area (Å²) in [6.45, 7) is 3.12. The van der Waals surface area contributed by atoms with Crippen LogP contribution < -0.4 is 11.1 Å². The standard InChI is InChI=1S/C12H17FN2O2/c1-2-17-7-3-4-12(16)15-9-5-6-10(13)11(14)8-9/h5-6,8H,2-4,7,14H2,1H3,(H,15,16). The molecule has 4 nitrogen and oxygen atoms in total. The van der Waals surface area contributed by atoms with Crippen molar-refractivity contribution in [3.63, 3.8) is 0 Å². The number of nitrogen functional groups attached to an aromatic ring is 1. The van der Waals surface area contributed by atoms with Crippen molar-refractivity contribution in [1.82, 2.24) is 0 Å². The Labute approximate surface area is 100.0 Å². The molecule has 0 unspecified atom stereocenters. The van der Waals surface area contributed by atoms with E-state index in [-0.39, 0.29) is 11.6 Å². The lowest BCUT2D eigenvalue weighted by Crippen LogP contribution is -2.12. The molecule has 0 aliphatic heterocycles. The first-order valence-corrected chi connectivity index (χ1v) is 5.56. The number of carbonyl (C=O) groups excluding carboxylic acids is 1. The predicted octanol–water partition coefficient (Wildman–Crippen LogP) is 2.16. The average Bonchev–Trinajstić information content (AvgIpc) is 2.30. The van der Waals surface area contributed by atoms with Gasteiger partial charge in [0.25, 0.3) is 0 Å². The highest BCUT2D eigenvalue weighted by Gasteiger charge is 2.04. The zero-order chi connectivity index (χ0) is 12.7. The number of anilines is 2. The Kier molecular flexibility index (Phi) is 5.42. The maximum absolute atomic E-state index is 12.9. The maximum atomic E-state index is 12.9. The predicted molar refractivity (Wildman–Crippen MR) is 65.2 cm³/mol. The minimum absolute atomic E-state index is 0.0251. The van der Waals surface area contributed by atoms with Gasteiger partial charge in [0.05, 0.1) is 5.69 Å². The van der Waals surface area contributed by atoms with Crippen molar-refractivity contribution in [3.8, 4) is 0 Å². The van der Waals surface area contributed by atoms with Gasteiger partial charge in [-0.15, -0.1) is 0 Å². The van der Waals surface area contributed by atoms with E-state index in [1.807, 2.05) is 6.92 Å². The first kappa shape index (κ1) is 13.4. The molecule has 1 aromatic carbocycles. The molecule has 0 heterocycles. The Hall–Kier alpha value is -1.62. The van der Waals surface area contributed by atoms with Gasteiger partial charge in [0.1, 0.15) is 5.82 Å². The van der Waals surface area contributed by atoms with E-state index in [1.54, 1.807) is 0 Å². The Morgan fingerprint density at radius 2 is 2.29 bits per heavy atom. The van der Waals surface area contributed by atoms with Crippen LogP contribution in [0.25, 0.3) is 0 Å². The van der Waals surface area contributed by atoms with Crippen LogP contribution in [0.1, 0.15) is 19.8 Å². The molecule has 17 heavy (non-hydrogen) atoms. The summed E-state index contributed by atoms with van der Waals surface area (Å²) in [5.74, 6) is -0.616. The van der Waals surface area contributed by atoms with Gasteiger partial charge in [-0.05, 0) is 31.5 Å². The zero-order valence-electron chi connectivity index (χ0n) is 9.83. The van der Waals surface area contributed by atoms with Crippen LogP contribution in [-0.4, -0.2) is 19.1 Å². The summed E-state index contributed by atoms with van der Waals surface area (Å²) in [7, 11) is 0. The molecular formula is C12H17FN2O2. The van der Waals surface area contributed by atoms with Crippen molar-refractivity contribution in [2.75, 3.05) is 24.3 Å². The lowest BCUT2D eigenvalue weighted by atomic mass is 10.2. The quantitative estimate of drug-likeness (QED) is 0.591. The van der Waals surface area contributed by atoms with Crippen LogP contribution >= 0.6 is 0 Å². The summed E-state index contributed by atoms with van der Waals surface area (Å²) in [6.07, 6.45) is 1.04. The molecule has 0 saturated carbocycles. The van der Waals surface area contributed by atoms with Crippen LogP contribution in [0.2, 0.25) is 0 Å². The lowest BCUT2D eigenvalue weighted by molar-refractivity contribution is -0.116. The van der Waals surface area contributed by atoms with Crippen LogP contribution in [0.4, 0.5) is 15.8 Å². The Bertz CT molecular complexity index is 383. The van der Waals surface area contributed by atoms with E-state index in [4.69, 9.17) is 10.5 Å². The second kappa shape index (κ2) is 6.85. The first-order valence-electron chi connectivity index (χ1n) is 5.56. The second-order valence-electron chi connectivity index (χ2n) is 3.58. The summed E-state index contributed by atoms with van der Waals surface area (Å²) in [5, 5.41) is 2.65. The molecule has 5 heteroatoms. The van der Waals surface area contributed by atoms with Crippen LogP contribution in [0.15, 0.2) is 18.2 Å². The van der Waals surface area contributed by atoms with Gasteiger partial charge in [0.15, 0.2) is 0 Å². The minimum atomic E-state index is -0.487. The number of rotatable bonds is 6. The number of halogens is 1. The summed E-state index contributed by atoms with van der Waals surface area (Å²) in [5.41, 5.74) is 5.92. The average molecular weight is 240 g/mol. The summed E-state index contributed by atoms with van der Waals surface area (Å²) in [4.78, 5) is 11.5. The van der Waals surface area contributed by atoms with E-state index in [1.165, 1.54) is 18.2 Å². The molecule has 94 valence electrons. The number of carbonyl (C=O) groups is 1. The van der Waals surface area contributed by atoms with Crippen LogP contribution in [0.5, 0.6) is 0 Å². The third-order valence-electron chi connectivity index (χ3n) is 2.18. The molecule has 1 amide bonds. The Morgan fingerprint density at radius 1 is 1.53 bits per heavy atom. The number of hydrogen-bond donors (Lipinski definition) is 2. The van der Waals surface area contributed by atoms with Gasteiger partial charge in [0.2, 0.25) is 5.91 Å². The van der Waals surface area contributed by atoms with Gasteiger partial charge in [-0.3, -0.25) is 4.79 Å². The fourth-order valence-corrected chi connectivity index (χ4v) is 1.32. The smallest absolute Gasteiger partial charge is 0.224 e. The minimum Gasteiger partial charge on any atom is -0.396 e. The third-order valence-corrected chi connectivity index (χ3v) is 2.18. The molecule has 3 N–H and O–H groups in total. The van der Waals surface area contributed by atoms with Crippen LogP contribution in [0, 0.1) is 5.82 Å². The van der Waals surface area contributed by atoms with E-state index >= 15 is 0 Å². The van der Waals surface area contributed by atoms with E-state index in [0.29, 0.717) is 31.7 Å². The molecule has 0 bridgehead atoms. The van der Waals surface area contributed by atoms with Crippen molar-refractivity contribution in [2.45, 2.75) is 19.8 Å². The molecule has 1 aromatic rings. The molecule has 0 atom stereocenters. The first-order chi connectivity index (χ1) is 8.13. The zero-order valence-corrected chi connectivity index (χ0v) is 9.83. The van der Waals surface area contributed by atoms with Crippen molar-refractivity contribution in [1.29, 1.82) is 0 Å². The monoisotopic (exact) mass is 240 g/mol. The van der Waals surface area contributed by atoms with Crippen LogP contribution in [-0.2, 0) is 9.53 Å². The molecule has 0 spiro atoms. The van der Waals surface area contributed by atoms with E-state index in [9.17, 15) is 9.18 Å². The molecule has 0 aliphatic carbocycles. The number of benzene rings is 1. The van der Waals surface area contributed by atoms with E-state index in [2.05, 4.69) is 5.32 Å². The van der Waals surface area contributed by atoms with Gasteiger partial charge in [-0.2, -0.15) is 0 Å². The largest absolute Gasteiger partial charge is 0.396 e. The van der Waals surface area contributed by atoms with Gasteiger partial charge < -0.3 is 15.8 Å². The van der Waals surface area contributed by atoms with Crippen LogP contribution in [0.3, 0.4) is 0 Å². The summed E-state index contributed by atoms with van der Waals surface area (Å²) < 4.78 is 18.0. The number of nitrogens with two attached hydrogens (primary N) is 1. The van der Waals surface area contributed by atoms with E-state index in [0.717, 1.165) is 0 Å². The van der Waals surface area contributed by atoms with Gasteiger partial charge in [-0.25, -0.2) is 4.39 Å². The molecule has 0 aromatic heterocycles. The summed E-state index contributed by atoms with van der Waals surface area (Å²) in [6, 6.07) is 4.10. The Morgan fingerprint density at radius 3 is 2.94 bits per heavy atom. The maximum Gasteiger partial charge on any atom is 0.224 e. The Balaban J connectivity index is 2.37. The normalized spacial score (nSPS) is 10.2. The van der Waals surface area contributed by atoms with Crippen molar-refractivity contribution < 1.29 is 13.9 Å². The summed E-state index contributed by atoms with van der Waals surface area (Å²) >= 11 is 0. The topological polar surface area (TPSA) is 64.3 Å². The van der Waals surface area contributed by atoms with Crippen molar-refractivity contribution in [2.24, 2.45) is 0 Å². The molecule has 0 radical (unpaired) electrons. The van der Waals surface area contributed by atoms with Crippen molar-refractivity contribution >= 4 is 17.3 Å². The van der Waals surface area contributed by atoms with Crippen molar-refractivity contribution in [3.05, 3.63) is 24.0 Å². The SMILES string of the molecule is CCOCCCC(=O)Nc1ccc(F)c(N)c1. The number of amides is 1. The highest BCUT2D eigenvalue weighted by Crippen LogP contribution is 2.16. The molecule has 0 saturated heterocycles. The number of nitrogens with one attached hydrogen (secondary N) is 1. The highest BCUT2D eigenvalue weighted by atomic mass is 19.1. The van der Waals surface area contributed by atoms with Gasteiger partial charge in [-0.1, -0.05) is 0 Å². The molecule has 0 fully saturated rings. The molecule has 1 rings (SSSR count). The molecule has 0 aliphatic rings. The van der Waals surface area contributed by atoms with E-state index < -0.39 is 5.82 Å². The number of hydrogen-bond acceptors (Lipinski definition) is 3. The highest BCUT2D eigenvalue weighted by molar-refractivity contribution is 5.91. The number of ether oxygens (including phenoxy) is 1. The van der Waals surface area contributed by atoms with Gasteiger partial charge >= 0.3 is 0 Å². The molecular weight excluding hydrogens is 223 g/mol. The lowest BCUT2D eigenvalue weighted by Gasteiger charge is -2.06. The third kappa shape index (κ3) is 4.82. The fourth-order valence-electron chi connectivity index (χ4n) is 1.32. The second-order valence-corrected chi connectivity index (χ2v) is 3.58.